The van der Waals surface area contributed by atoms with Gasteiger partial charge in [0.15, 0.2) is 0 Å². The van der Waals surface area contributed by atoms with E-state index >= 15 is 0 Å². The Kier molecular flexibility index (Phi) is 7.41. The van der Waals surface area contributed by atoms with Crippen LogP contribution >= 0.6 is 0 Å². The van der Waals surface area contributed by atoms with Crippen molar-refractivity contribution in [3.8, 4) is 45.0 Å². The molecule has 0 aliphatic heterocycles. The van der Waals surface area contributed by atoms with Gasteiger partial charge in [-0.2, -0.15) is 0 Å². The molecule has 0 fully saturated rings. The van der Waals surface area contributed by atoms with Crippen LogP contribution in [0.4, 0.5) is 0 Å². The van der Waals surface area contributed by atoms with Crippen molar-refractivity contribution in [2.75, 3.05) is 0 Å². The fraction of sp³-hybridized carbons (Fsp3) is 0.0182. The lowest BCUT2D eigenvalue weighted by molar-refractivity contribution is 0.767. The summed E-state index contributed by atoms with van der Waals surface area (Å²) in [5.74, 6) is 0.931. The van der Waals surface area contributed by atoms with E-state index in [2.05, 4.69) is 216 Å². The Bertz CT molecular complexity index is 3300. The van der Waals surface area contributed by atoms with E-state index in [9.17, 15) is 0 Å². The van der Waals surface area contributed by atoms with Gasteiger partial charge < -0.3 is 4.57 Å². The molecule has 0 N–H and O–H groups in total. The highest BCUT2D eigenvalue weighted by molar-refractivity contribution is 6.18. The fourth-order valence-electron chi connectivity index (χ4n) is 9.83. The minimum Gasteiger partial charge on any atom is -0.309 e. The number of aromatic nitrogens is 4. The molecule has 3 aromatic heterocycles. The average molecular weight is 753 g/mol. The van der Waals surface area contributed by atoms with Crippen LogP contribution in [-0.4, -0.2) is 19.1 Å². The van der Waals surface area contributed by atoms with Crippen molar-refractivity contribution in [3.63, 3.8) is 0 Å². The first kappa shape index (κ1) is 33.3. The molecule has 276 valence electrons. The molecular weight excluding hydrogens is 717 g/mol. The molecule has 3 heterocycles. The van der Waals surface area contributed by atoms with Gasteiger partial charge in [-0.15, -0.1) is 0 Å². The highest BCUT2D eigenvalue weighted by Gasteiger charge is 2.47. The molecule has 0 radical (unpaired) electrons. The molecule has 0 bridgehead atoms. The van der Waals surface area contributed by atoms with Gasteiger partial charge in [0, 0.05) is 45.7 Å². The highest BCUT2D eigenvalue weighted by Crippen LogP contribution is 2.58. The molecule has 0 saturated heterocycles. The maximum atomic E-state index is 5.08. The van der Waals surface area contributed by atoms with Gasteiger partial charge in [0.2, 0.25) is 0 Å². The number of imidazole rings is 1. The van der Waals surface area contributed by atoms with Crippen molar-refractivity contribution in [2.45, 2.75) is 5.41 Å². The third-order valence-electron chi connectivity index (χ3n) is 12.3. The first-order chi connectivity index (χ1) is 29.3. The maximum Gasteiger partial charge on any atom is 0.145 e. The first-order valence-electron chi connectivity index (χ1n) is 20.2. The summed E-state index contributed by atoms with van der Waals surface area (Å²) in [7, 11) is 0. The van der Waals surface area contributed by atoms with E-state index in [-0.39, 0.29) is 0 Å². The minimum atomic E-state index is -0.487. The Labute approximate surface area is 342 Å². The number of pyridine rings is 1. The maximum absolute atomic E-state index is 5.08. The Morgan fingerprint density at radius 1 is 0.407 bits per heavy atom. The van der Waals surface area contributed by atoms with Crippen LogP contribution in [0.2, 0.25) is 0 Å². The minimum absolute atomic E-state index is 0.487. The number of hydrogen-bond donors (Lipinski definition) is 0. The van der Waals surface area contributed by atoms with Crippen LogP contribution in [0.5, 0.6) is 0 Å². The molecular formula is C55H36N4. The van der Waals surface area contributed by atoms with Crippen LogP contribution in [0.25, 0.3) is 77.9 Å². The van der Waals surface area contributed by atoms with Gasteiger partial charge >= 0.3 is 0 Å². The number of para-hydroxylation sites is 4. The Morgan fingerprint density at radius 2 is 0.983 bits per heavy atom. The van der Waals surface area contributed by atoms with Crippen LogP contribution in [0.15, 0.2) is 219 Å². The van der Waals surface area contributed by atoms with E-state index in [4.69, 9.17) is 9.97 Å². The average Bonchev–Trinajstić information content (AvgIpc) is 3.97. The molecule has 59 heavy (non-hydrogen) atoms. The van der Waals surface area contributed by atoms with Crippen LogP contribution in [0.3, 0.4) is 0 Å². The first-order valence-corrected chi connectivity index (χ1v) is 20.2. The molecule has 4 heteroatoms. The second kappa shape index (κ2) is 13.1. The van der Waals surface area contributed by atoms with Crippen LogP contribution in [0.1, 0.15) is 22.3 Å². The quantitative estimate of drug-likeness (QED) is 0.170. The molecule has 11 aromatic rings. The van der Waals surface area contributed by atoms with Crippen LogP contribution < -0.4 is 0 Å². The summed E-state index contributed by atoms with van der Waals surface area (Å²) in [6.45, 7) is 0. The van der Waals surface area contributed by atoms with E-state index in [0.29, 0.717) is 0 Å². The van der Waals surface area contributed by atoms with Crippen LogP contribution in [-0.2, 0) is 5.41 Å². The van der Waals surface area contributed by atoms with Gasteiger partial charge in [0.05, 0.1) is 27.5 Å². The number of hydrogen-bond acceptors (Lipinski definition) is 2. The van der Waals surface area contributed by atoms with Crippen molar-refractivity contribution in [1.29, 1.82) is 0 Å². The molecule has 0 saturated carbocycles. The molecule has 12 rings (SSSR count). The van der Waals surface area contributed by atoms with E-state index in [1.165, 1.54) is 55.2 Å². The SMILES string of the molecule is c1ccc(-n2c(-c3ccc(-c4ccc(-n5c6ccccc6c6c7c(ccc65)C(c5ccccc5)(c5ccccc5)c5ccncc5-7)cc4)cc3)nc3ccccc32)cc1. The summed E-state index contributed by atoms with van der Waals surface area (Å²) in [5.41, 5.74) is 17.0. The molecule has 8 aromatic carbocycles. The summed E-state index contributed by atoms with van der Waals surface area (Å²) in [6.07, 6.45) is 4.02. The zero-order valence-corrected chi connectivity index (χ0v) is 32.1. The molecule has 0 spiro atoms. The molecule has 0 atom stereocenters. The summed E-state index contributed by atoms with van der Waals surface area (Å²) in [5, 5.41) is 2.48. The molecule has 0 unspecified atom stereocenters. The zero-order chi connectivity index (χ0) is 38.9. The van der Waals surface area contributed by atoms with Crippen molar-refractivity contribution >= 4 is 32.8 Å². The van der Waals surface area contributed by atoms with E-state index < -0.39 is 5.41 Å². The van der Waals surface area contributed by atoms with Gasteiger partial charge in [0.1, 0.15) is 5.82 Å². The predicted octanol–water partition coefficient (Wildman–Crippen LogP) is 13.2. The number of fused-ring (bicyclic) bond motifs is 8. The molecule has 1 aliphatic carbocycles. The van der Waals surface area contributed by atoms with Gasteiger partial charge in [-0.25, -0.2) is 4.98 Å². The Hall–Kier alpha value is -7.82. The normalized spacial score (nSPS) is 12.9. The zero-order valence-electron chi connectivity index (χ0n) is 32.1. The highest BCUT2D eigenvalue weighted by atomic mass is 15.1. The Balaban J connectivity index is 0.985. The largest absolute Gasteiger partial charge is 0.309 e. The van der Waals surface area contributed by atoms with Crippen molar-refractivity contribution in [1.82, 2.24) is 19.1 Å². The van der Waals surface area contributed by atoms with Crippen molar-refractivity contribution in [3.05, 3.63) is 241 Å². The van der Waals surface area contributed by atoms with Crippen molar-refractivity contribution in [2.24, 2.45) is 0 Å². The number of rotatable bonds is 6. The summed E-state index contributed by atoms with van der Waals surface area (Å²) in [4.78, 5) is 9.82. The smallest absolute Gasteiger partial charge is 0.145 e. The second-order valence-corrected chi connectivity index (χ2v) is 15.4. The number of benzene rings is 8. The lowest BCUT2D eigenvalue weighted by Gasteiger charge is -2.33. The van der Waals surface area contributed by atoms with Gasteiger partial charge in [-0.1, -0.05) is 152 Å². The van der Waals surface area contributed by atoms with E-state index in [1.807, 2.05) is 12.3 Å². The molecule has 1 aliphatic rings. The monoisotopic (exact) mass is 752 g/mol. The van der Waals surface area contributed by atoms with Gasteiger partial charge in [-0.3, -0.25) is 9.55 Å². The third kappa shape index (κ3) is 4.90. The lowest BCUT2D eigenvalue weighted by atomic mass is 9.68. The number of nitrogens with zero attached hydrogens (tertiary/aromatic N) is 4. The standard InChI is InChI=1S/C55H36N4/c1-4-14-40(15-5-1)55(41-16-6-2-7-17-41)46-34-35-56-36-45(46)52-47(55)32-33-51-53(52)44-20-10-12-22-49(44)58(51)43-30-28-38(29-31-43)37-24-26-39(27-25-37)54-57-48-21-11-13-23-50(48)59(54)42-18-8-3-9-19-42/h1-36H. The fourth-order valence-corrected chi connectivity index (χ4v) is 9.83. The summed E-state index contributed by atoms with van der Waals surface area (Å²) >= 11 is 0. The van der Waals surface area contributed by atoms with Gasteiger partial charge in [-0.05, 0) is 93.5 Å². The summed E-state index contributed by atoms with van der Waals surface area (Å²) in [6, 6.07) is 74.3. The third-order valence-corrected chi connectivity index (χ3v) is 12.3. The van der Waals surface area contributed by atoms with E-state index in [1.54, 1.807) is 0 Å². The lowest BCUT2D eigenvalue weighted by Crippen LogP contribution is -2.28. The van der Waals surface area contributed by atoms with E-state index in [0.717, 1.165) is 44.9 Å². The second-order valence-electron chi connectivity index (χ2n) is 15.4. The van der Waals surface area contributed by atoms with Gasteiger partial charge in [0.25, 0.3) is 0 Å². The van der Waals surface area contributed by atoms with Crippen molar-refractivity contribution < 1.29 is 0 Å². The summed E-state index contributed by atoms with van der Waals surface area (Å²) < 4.78 is 4.67. The molecule has 4 nitrogen and oxygen atoms in total. The topological polar surface area (TPSA) is 35.6 Å². The molecule has 0 amide bonds. The van der Waals surface area contributed by atoms with Crippen LogP contribution in [0, 0.1) is 0 Å². The Morgan fingerprint density at radius 3 is 1.69 bits per heavy atom. The predicted molar refractivity (Wildman–Crippen MR) is 241 cm³/mol.